The van der Waals surface area contributed by atoms with Crippen molar-refractivity contribution in [2.75, 3.05) is 25.5 Å². The summed E-state index contributed by atoms with van der Waals surface area (Å²) < 4.78 is 0. The van der Waals surface area contributed by atoms with E-state index in [-0.39, 0.29) is 0 Å². The lowest BCUT2D eigenvalue weighted by atomic mass is 9.99. The van der Waals surface area contributed by atoms with Gasteiger partial charge in [-0.3, -0.25) is 0 Å². The Balaban J connectivity index is 1.62. The summed E-state index contributed by atoms with van der Waals surface area (Å²) in [6.45, 7) is 3.88. The lowest BCUT2D eigenvalue weighted by molar-refractivity contribution is 0.0953. The fourth-order valence-electron chi connectivity index (χ4n) is 2.48. The first-order valence-corrected chi connectivity index (χ1v) is 5.70. The summed E-state index contributed by atoms with van der Waals surface area (Å²) in [6, 6.07) is 0. The number of hydrogen-bond donors (Lipinski definition) is 0. The molecular formula is C10H18ClN. The van der Waals surface area contributed by atoms with E-state index in [4.69, 9.17) is 11.6 Å². The average molecular weight is 188 g/mol. The molecule has 1 nitrogen and oxygen atoms in total. The highest BCUT2D eigenvalue weighted by atomic mass is 35.5. The molecule has 2 heteroatoms. The molecule has 12 heavy (non-hydrogen) atoms. The van der Waals surface area contributed by atoms with E-state index in [0.29, 0.717) is 0 Å². The molecule has 0 atom stereocenters. The summed E-state index contributed by atoms with van der Waals surface area (Å²) in [4.78, 5) is 2.57. The van der Waals surface area contributed by atoms with Gasteiger partial charge in [-0.25, -0.2) is 0 Å². The summed E-state index contributed by atoms with van der Waals surface area (Å²) in [5, 5.41) is 0. The van der Waals surface area contributed by atoms with Gasteiger partial charge in [-0.2, -0.15) is 0 Å². The zero-order chi connectivity index (χ0) is 8.39. The van der Waals surface area contributed by atoms with E-state index in [2.05, 4.69) is 4.90 Å². The summed E-state index contributed by atoms with van der Waals surface area (Å²) in [5.41, 5.74) is 0. The predicted octanol–water partition coefficient (Wildman–Crippen LogP) is 2.35. The highest BCUT2D eigenvalue weighted by Crippen LogP contribution is 2.28. The SMILES string of the molecule is ClCC1CN(CC2CCCC2)C1. The molecule has 0 radical (unpaired) electrons. The zero-order valence-corrected chi connectivity index (χ0v) is 8.39. The Morgan fingerprint density at radius 2 is 1.75 bits per heavy atom. The first-order valence-electron chi connectivity index (χ1n) is 5.17. The highest BCUT2D eigenvalue weighted by Gasteiger charge is 2.28. The molecular weight excluding hydrogens is 170 g/mol. The third-order valence-electron chi connectivity index (χ3n) is 3.24. The van der Waals surface area contributed by atoms with E-state index < -0.39 is 0 Å². The molecule has 2 rings (SSSR count). The van der Waals surface area contributed by atoms with Gasteiger partial charge in [-0.05, 0) is 24.7 Å². The maximum Gasteiger partial charge on any atom is 0.0276 e. The van der Waals surface area contributed by atoms with Gasteiger partial charge in [0.1, 0.15) is 0 Å². The molecule has 1 saturated heterocycles. The van der Waals surface area contributed by atoms with Gasteiger partial charge in [0, 0.05) is 25.5 Å². The maximum absolute atomic E-state index is 5.76. The third-order valence-corrected chi connectivity index (χ3v) is 3.68. The molecule has 0 unspecified atom stereocenters. The minimum atomic E-state index is 0.799. The van der Waals surface area contributed by atoms with Crippen molar-refractivity contribution in [2.45, 2.75) is 25.7 Å². The molecule has 2 aliphatic rings. The van der Waals surface area contributed by atoms with Crippen molar-refractivity contribution in [3.05, 3.63) is 0 Å². The Bertz CT molecular complexity index is 137. The van der Waals surface area contributed by atoms with Crippen LogP contribution in [0.2, 0.25) is 0 Å². The summed E-state index contributed by atoms with van der Waals surface area (Å²) in [6.07, 6.45) is 5.89. The van der Waals surface area contributed by atoms with Gasteiger partial charge in [0.25, 0.3) is 0 Å². The number of hydrogen-bond acceptors (Lipinski definition) is 1. The minimum Gasteiger partial charge on any atom is -0.302 e. The fourth-order valence-corrected chi connectivity index (χ4v) is 2.68. The number of alkyl halides is 1. The molecule has 1 aliphatic carbocycles. The molecule has 2 fully saturated rings. The Hall–Kier alpha value is 0.250. The molecule has 0 aromatic heterocycles. The van der Waals surface area contributed by atoms with Crippen LogP contribution in [0.4, 0.5) is 0 Å². The molecule has 0 N–H and O–H groups in total. The van der Waals surface area contributed by atoms with E-state index in [1.807, 2.05) is 0 Å². The van der Waals surface area contributed by atoms with Crippen LogP contribution < -0.4 is 0 Å². The van der Waals surface area contributed by atoms with Gasteiger partial charge in [-0.15, -0.1) is 11.6 Å². The molecule has 0 aromatic rings. The summed E-state index contributed by atoms with van der Waals surface area (Å²) in [5.74, 6) is 2.68. The maximum atomic E-state index is 5.76. The van der Waals surface area contributed by atoms with E-state index in [1.165, 1.54) is 45.3 Å². The Morgan fingerprint density at radius 1 is 1.08 bits per heavy atom. The first-order chi connectivity index (χ1) is 5.88. The predicted molar refractivity (Wildman–Crippen MR) is 52.6 cm³/mol. The first kappa shape index (κ1) is 8.83. The van der Waals surface area contributed by atoms with Gasteiger partial charge in [0.05, 0.1) is 0 Å². The van der Waals surface area contributed by atoms with Crippen LogP contribution in [0.3, 0.4) is 0 Å². The van der Waals surface area contributed by atoms with Crippen LogP contribution in [0.25, 0.3) is 0 Å². The number of rotatable bonds is 3. The average Bonchev–Trinajstić information content (AvgIpc) is 2.47. The lowest BCUT2D eigenvalue weighted by Crippen LogP contribution is -2.49. The highest BCUT2D eigenvalue weighted by molar-refractivity contribution is 6.18. The second kappa shape index (κ2) is 3.97. The van der Waals surface area contributed by atoms with Crippen molar-refractivity contribution in [1.82, 2.24) is 4.90 Å². The normalized spacial score (nSPS) is 27.8. The van der Waals surface area contributed by atoms with Gasteiger partial charge >= 0.3 is 0 Å². The van der Waals surface area contributed by atoms with Crippen molar-refractivity contribution in [2.24, 2.45) is 11.8 Å². The van der Waals surface area contributed by atoms with Crippen molar-refractivity contribution in [3.63, 3.8) is 0 Å². The van der Waals surface area contributed by atoms with Gasteiger partial charge in [-0.1, -0.05) is 12.8 Å². The van der Waals surface area contributed by atoms with Gasteiger partial charge < -0.3 is 4.90 Å². The molecule has 0 aromatic carbocycles. The van der Waals surface area contributed by atoms with Crippen molar-refractivity contribution >= 4 is 11.6 Å². The monoisotopic (exact) mass is 187 g/mol. The smallest absolute Gasteiger partial charge is 0.0276 e. The zero-order valence-electron chi connectivity index (χ0n) is 7.64. The molecule has 1 aliphatic heterocycles. The molecule has 0 amide bonds. The van der Waals surface area contributed by atoms with E-state index in [0.717, 1.165) is 17.7 Å². The topological polar surface area (TPSA) is 3.24 Å². The molecule has 0 spiro atoms. The van der Waals surface area contributed by atoms with Crippen LogP contribution >= 0.6 is 11.6 Å². The Morgan fingerprint density at radius 3 is 2.33 bits per heavy atom. The number of nitrogens with zero attached hydrogens (tertiary/aromatic N) is 1. The van der Waals surface area contributed by atoms with Crippen LogP contribution in [0.1, 0.15) is 25.7 Å². The van der Waals surface area contributed by atoms with Crippen molar-refractivity contribution < 1.29 is 0 Å². The third kappa shape index (κ3) is 1.94. The van der Waals surface area contributed by atoms with Gasteiger partial charge in [0.15, 0.2) is 0 Å². The summed E-state index contributed by atoms with van der Waals surface area (Å²) >= 11 is 5.76. The molecule has 70 valence electrons. The fraction of sp³-hybridized carbons (Fsp3) is 1.00. The molecule has 1 heterocycles. The van der Waals surface area contributed by atoms with Crippen LogP contribution in [-0.2, 0) is 0 Å². The van der Waals surface area contributed by atoms with Crippen molar-refractivity contribution in [3.8, 4) is 0 Å². The second-order valence-corrected chi connectivity index (χ2v) is 4.70. The minimum absolute atomic E-state index is 0.799. The largest absolute Gasteiger partial charge is 0.302 e. The van der Waals surface area contributed by atoms with Crippen LogP contribution in [0.5, 0.6) is 0 Å². The molecule has 1 saturated carbocycles. The number of likely N-dealkylation sites (tertiary alicyclic amines) is 1. The Kier molecular flexibility index (Phi) is 2.92. The Labute approximate surface area is 80.1 Å². The standard InChI is InChI=1S/C10H18ClN/c11-5-10-7-12(8-10)6-9-3-1-2-4-9/h9-10H,1-8H2. The van der Waals surface area contributed by atoms with Crippen molar-refractivity contribution in [1.29, 1.82) is 0 Å². The van der Waals surface area contributed by atoms with Crippen LogP contribution in [0, 0.1) is 11.8 Å². The molecule has 0 bridgehead atoms. The van der Waals surface area contributed by atoms with Crippen LogP contribution in [-0.4, -0.2) is 30.4 Å². The second-order valence-electron chi connectivity index (χ2n) is 4.39. The van der Waals surface area contributed by atoms with E-state index in [1.54, 1.807) is 0 Å². The lowest BCUT2D eigenvalue weighted by Gasteiger charge is -2.39. The van der Waals surface area contributed by atoms with Gasteiger partial charge in [0.2, 0.25) is 0 Å². The quantitative estimate of drug-likeness (QED) is 0.614. The summed E-state index contributed by atoms with van der Waals surface area (Å²) in [7, 11) is 0. The van der Waals surface area contributed by atoms with E-state index in [9.17, 15) is 0 Å². The number of halogens is 1. The van der Waals surface area contributed by atoms with E-state index >= 15 is 0 Å². The van der Waals surface area contributed by atoms with Crippen LogP contribution in [0.15, 0.2) is 0 Å².